The summed E-state index contributed by atoms with van der Waals surface area (Å²) in [7, 11) is 0. The van der Waals surface area contributed by atoms with Crippen molar-refractivity contribution in [1.29, 1.82) is 0 Å². The van der Waals surface area contributed by atoms with Gasteiger partial charge in [-0.15, -0.1) is 5.10 Å². The molecule has 0 radical (unpaired) electrons. The number of halogens is 3. The first-order valence-electron chi connectivity index (χ1n) is 7.51. The van der Waals surface area contributed by atoms with Crippen LogP contribution in [0.5, 0.6) is 0 Å². The summed E-state index contributed by atoms with van der Waals surface area (Å²) < 4.78 is 37.7. The van der Waals surface area contributed by atoms with Crippen molar-refractivity contribution in [3.05, 3.63) is 70.0 Å². The highest BCUT2D eigenvalue weighted by atomic mass is 19.4. The Balaban J connectivity index is 1.71. The first kappa shape index (κ1) is 16.0. The molecule has 1 N–H and O–H groups in total. The number of rotatable bonds is 2. The van der Waals surface area contributed by atoms with Gasteiger partial charge in [0.25, 0.3) is 0 Å². The number of benzene rings is 2. The molecule has 0 amide bonds. The van der Waals surface area contributed by atoms with Crippen molar-refractivity contribution in [3.8, 4) is 0 Å². The lowest BCUT2D eigenvalue weighted by atomic mass is 10.1. The molecule has 6 nitrogen and oxygen atoms in total. The van der Waals surface area contributed by atoms with E-state index in [0.29, 0.717) is 11.1 Å². The molecule has 0 saturated carbocycles. The minimum Gasteiger partial charge on any atom is -0.348 e. The summed E-state index contributed by atoms with van der Waals surface area (Å²) in [6.45, 7) is 0. The zero-order valence-corrected chi connectivity index (χ0v) is 13.0. The number of nitrogens with zero attached hydrogens (tertiary/aromatic N) is 4. The molecule has 0 aliphatic carbocycles. The number of fused-ring (bicyclic) bond motifs is 3. The van der Waals surface area contributed by atoms with Gasteiger partial charge in [-0.3, -0.25) is 4.79 Å². The summed E-state index contributed by atoms with van der Waals surface area (Å²) in [6.07, 6.45) is -3.16. The number of H-pyrrole nitrogens is 1. The van der Waals surface area contributed by atoms with E-state index in [9.17, 15) is 18.0 Å². The molecule has 130 valence electrons. The Kier molecular flexibility index (Phi) is 3.57. The first-order valence-corrected chi connectivity index (χ1v) is 7.51. The topological polar surface area (TPSA) is 75.9 Å². The lowest BCUT2D eigenvalue weighted by molar-refractivity contribution is -0.137. The van der Waals surface area contributed by atoms with Gasteiger partial charge >= 0.3 is 11.7 Å². The molecule has 2 aromatic heterocycles. The van der Waals surface area contributed by atoms with E-state index in [0.717, 1.165) is 27.8 Å². The number of para-hydroxylation sites is 1. The molecule has 0 atom stereocenters. The summed E-state index contributed by atoms with van der Waals surface area (Å²) in [6, 6.07) is 11.7. The minimum atomic E-state index is -4.40. The number of aromatic amines is 1. The first-order chi connectivity index (χ1) is 12.4. The molecule has 0 saturated heterocycles. The summed E-state index contributed by atoms with van der Waals surface area (Å²) in [4.78, 5) is 16.2. The molecule has 0 unspecified atom stereocenters. The van der Waals surface area contributed by atoms with Gasteiger partial charge in [0, 0.05) is 10.9 Å². The van der Waals surface area contributed by atoms with Crippen LogP contribution < -0.4 is 5.56 Å². The van der Waals surface area contributed by atoms with Gasteiger partial charge in [0.15, 0.2) is 0 Å². The second-order valence-corrected chi connectivity index (χ2v) is 5.54. The maximum Gasteiger partial charge on any atom is 0.416 e. The third-order valence-electron chi connectivity index (χ3n) is 3.86. The molecule has 0 aliphatic rings. The van der Waals surface area contributed by atoms with Gasteiger partial charge in [0.1, 0.15) is 11.0 Å². The van der Waals surface area contributed by atoms with E-state index in [1.807, 2.05) is 24.3 Å². The van der Waals surface area contributed by atoms with E-state index in [1.165, 1.54) is 18.3 Å². The van der Waals surface area contributed by atoms with Gasteiger partial charge in [-0.25, -0.2) is 0 Å². The Morgan fingerprint density at radius 3 is 2.54 bits per heavy atom. The number of aromatic nitrogens is 4. The van der Waals surface area contributed by atoms with Gasteiger partial charge in [0.05, 0.1) is 11.8 Å². The molecule has 2 heterocycles. The summed E-state index contributed by atoms with van der Waals surface area (Å²) >= 11 is 0. The number of nitrogens with one attached hydrogen (secondary N) is 1. The van der Waals surface area contributed by atoms with E-state index < -0.39 is 17.3 Å². The SMILES string of the molecule is O=c1c2[nH]c3ccccc3c2nnn1/N=C/c1ccc(C(F)(F)F)cc1. The maximum atomic E-state index is 12.6. The second kappa shape index (κ2) is 5.80. The van der Waals surface area contributed by atoms with Crippen molar-refractivity contribution in [3.63, 3.8) is 0 Å². The van der Waals surface area contributed by atoms with Crippen LogP contribution in [0.3, 0.4) is 0 Å². The summed E-state index contributed by atoms with van der Waals surface area (Å²) in [5, 5.41) is 12.4. The van der Waals surface area contributed by atoms with Crippen molar-refractivity contribution in [1.82, 2.24) is 20.1 Å². The lowest BCUT2D eigenvalue weighted by Crippen LogP contribution is -2.20. The molecule has 0 bridgehead atoms. The van der Waals surface area contributed by atoms with Crippen molar-refractivity contribution in [2.24, 2.45) is 5.10 Å². The molecule has 0 fully saturated rings. The van der Waals surface area contributed by atoms with E-state index in [1.54, 1.807) is 0 Å². The molecule has 4 rings (SSSR count). The zero-order chi connectivity index (χ0) is 18.3. The normalized spacial score (nSPS) is 12.4. The smallest absolute Gasteiger partial charge is 0.348 e. The average Bonchev–Trinajstić information content (AvgIpc) is 3.00. The number of hydrogen-bond donors (Lipinski definition) is 1. The van der Waals surface area contributed by atoms with Gasteiger partial charge in [0.2, 0.25) is 0 Å². The molecule has 4 aromatic rings. The highest BCUT2D eigenvalue weighted by molar-refractivity contribution is 6.04. The second-order valence-electron chi connectivity index (χ2n) is 5.54. The summed E-state index contributed by atoms with van der Waals surface area (Å²) in [5.74, 6) is 0. The largest absolute Gasteiger partial charge is 0.416 e. The van der Waals surface area contributed by atoms with Crippen LogP contribution >= 0.6 is 0 Å². The fraction of sp³-hybridized carbons (Fsp3) is 0.0588. The third kappa shape index (κ3) is 2.73. The highest BCUT2D eigenvalue weighted by Crippen LogP contribution is 2.28. The lowest BCUT2D eigenvalue weighted by Gasteiger charge is -2.05. The Labute approximate surface area is 143 Å². The van der Waals surface area contributed by atoms with Crippen molar-refractivity contribution in [2.75, 3.05) is 0 Å². The fourth-order valence-electron chi connectivity index (χ4n) is 2.57. The minimum absolute atomic E-state index is 0.255. The van der Waals surface area contributed by atoms with Crippen molar-refractivity contribution < 1.29 is 13.2 Å². The predicted octanol–water partition coefficient (Wildman–Crippen LogP) is 3.17. The van der Waals surface area contributed by atoms with Crippen molar-refractivity contribution in [2.45, 2.75) is 6.18 Å². The van der Waals surface area contributed by atoms with Gasteiger partial charge in [-0.2, -0.15) is 18.3 Å². The number of alkyl halides is 3. The van der Waals surface area contributed by atoms with Gasteiger partial charge in [-0.1, -0.05) is 35.1 Å². The standard InChI is InChI=1S/C17H10F3N5O/c18-17(19,20)11-7-5-10(6-8-11)9-21-25-16(26)15-14(23-24-25)12-3-1-2-4-13(12)22-15/h1-9,22H/b21-9+. The molecule has 26 heavy (non-hydrogen) atoms. The number of hydrogen-bond acceptors (Lipinski definition) is 4. The molecular formula is C17H10F3N5O. The molecule has 2 aromatic carbocycles. The van der Waals surface area contributed by atoms with Gasteiger partial charge in [-0.05, 0) is 29.0 Å². The van der Waals surface area contributed by atoms with Crippen LogP contribution in [0.1, 0.15) is 11.1 Å². The quantitative estimate of drug-likeness (QED) is 0.560. The highest BCUT2D eigenvalue weighted by Gasteiger charge is 2.29. The predicted molar refractivity (Wildman–Crippen MR) is 90.1 cm³/mol. The van der Waals surface area contributed by atoms with Crippen LogP contribution in [0.2, 0.25) is 0 Å². The van der Waals surface area contributed by atoms with Crippen LogP contribution in [-0.4, -0.2) is 26.3 Å². The Morgan fingerprint density at radius 1 is 1.08 bits per heavy atom. The van der Waals surface area contributed by atoms with Crippen LogP contribution in [0.4, 0.5) is 13.2 Å². The maximum absolute atomic E-state index is 12.6. The molecule has 0 aliphatic heterocycles. The molecular weight excluding hydrogens is 347 g/mol. The van der Waals surface area contributed by atoms with Crippen LogP contribution in [0.25, 0.3) is 21.9 Å². The van der Waals surface area contributed by atoms with E-state index in [-0.39, 0.29) is 5.52 Å². The van der Waals surface area contributed by atoms with Crippen LogP contribution in [0, 0.1) is 0 Å². The Bertz CT molecular complexity index is 1190. The summed E-state index contributed by atoms with van der Waals surface area (Å²) in [5.41, 5.74) is 0.569. The van der Waals surface area contributed by atoms with Gasteiger partial charge < -0.3 is 4.98 Å². The zero-order valence-electron chi connectivity index (χ0n) is 13.0. The van der Waals surface area contributed by atoms with Crippen molar-refractivity contribution >= 4 is 28.2 Å². The van der Waals surface area contributed by atoms with E-state index in [2.05, 4.69) is 20.4 Å². The average molecular weight is 357 g/mol. The molecule has 0 spiro atoms. The van der Waals surface area contributed by atoms with E-state index in [4.69, 9.17) is 0 Å². The monoisotopic (exact) mass is 357 g/mol. The third-order valence-corrected chi connectivity index (χ3v) is 3.86. The van der Waals surface area contributed by atoms with Crippen LogP contribution in [-0.2, 0) is 6.18 Å². The fourth-order valence-corrected chi connectivity index (χ4v) is 2.57. The molecule has 9 heteroatoms. The Morgan fingerprint density at radius 2 is 1.81 bits per heavy atom. The van der Waals surface area contributed by atoms with E-state index >= 15 is 0 Å². The van der Waals surface area contributed by atoms with Crippen LogP contribution in [0.15, 0.2) is 58.4 Å². The Hall–Kier alpha value is -3.49.